The van der Waals surface area contributed by atoms with E-state index in [2.05, 4.69) is 5.32 Å². The van der Waals surface area contributed by atoms with Gasteiger partial charge < -0.3 is 25.7 Å². The highest BCUT2D eigenvalue weighted by Gasteiger charge is 2.23. The summed E-state index contributed by atoms with van der Waals surface area (Å²) in [6, 6.07) is 0. The van der Waals surface area contributed by atoms with Crippen molar-refractivity contribution in [2.75, 3.05) is 6.61 Å². The molecule has 0 bridgehead atoms. The van der Waals surface area contributed by atoms with Gasteiger partial charge >= 0.3 is 0 Å². The van der Waals surface area contributed by atoms with E-state index in [0.717, 1.165) is 0 Å². The number of hydrogen-bond acceptors (Lipinski definition) is 7. The lowest BCUT2D eigenvalue weighted by molar-refractivity contribution is -0.117. The molecule has 1 heterocycles. The van der Waals surface area contributed by atoms with E-state index in [4.69, 9.17) is 10.9 Å². The Labute approximate surface area is 109 Å². The van der Waals surface area contributed by atoms with Crippen molar-refractivity contribution in [2.24, 2.45) is 5.84 Å². The summed E-state index contributed by atoms with van der Waals surface area (Å²) < 4.78 is 0. The quantitative estimate of drug-likeness (QED) is 0.160. The predicted octanol–water partition coefficient (Wildman–Crippen LogP) is -3.02. The number of carbonyl (C=O) groups is 1. The van der Waals surface area contributed by atoms with Gasteiger partial charge in [-0.2, -0.15) is 0 Å². The lowest BCUT2D eigenvalue weighted by Gasteiger charge is -2.20. The van der Waals surface area contributed by atoms with E-state index >= 15 is 0 Å². The molecule has 0 aromatic carbocycles. The van der Waals surface area contributed by atoms with E-state index in [-0.39, 0.29) is 5.57 Å². The van der Waals surface area contributed by atoms with Crippen LogP contribution < -0.4 is 16.6 Å². The molecule has 1 aliphatic heterocycles. The van der Waals surface area contributed by atoms with Crippen LogP contribution in [0.1, 0.15) is 0 Å². The zero-order valence-electron chi connectivity index (χ0n) is 10.0. The number of rotatable bonds is 5. The van der Waals surface area contributed by atoms with Gasteiger partial charge in [-0.3, -0.25) is 10.2 Å². The molecular weight excluding hydrogens is 254 g/mol. The number of amides is 1. The van der Waals surface area contributed by atoms with Crippen molar-refractivity contribution in [1.29, 1.82) is 0 Å². The van der Waals surface area contributed by atoms with Gasteiger partial charge in [0.1, 0.15) is 18.3 Å². The Balaban J connectivity index is 2.80. The SMILES string of the molecule is NNC(=O)C1=C/C(=C/C(O)C(O)C(O)CO)NC=C1. The second-order valence-electron chi connectivity index (χ2n) is 3.90. The summed E-state index contributed by atoms with van der Waals surface area (Å²) in [7, 11) is 0. The summed E-state index contributed by atoms with van der Waals surface area (Å²) in [5.74, 6) is 4.49. The maximum Gasteiger partial charge on any atom is 0.265 e. The third-order valence-electron chi connectivity index (χ3n) is 2.50. The minimum absolute atomic E-state index is 0.261. The molecule has 19 heavy (non-hydrogen) atoms. The van der Waals surface area contributed by atoms with Gasteiger partial charge in [0.05, 0.1) is 6.61 Å². The molecule has 106 valence electrons. The number of hydrogen-bond donors (Lipinski definition) is 7. The molecule has 1 amide bonds. The van der Waals surface area contributed by atoms with Crippen molar-refractivity contribution < 1.29 is 25.2 Å². The van der Waals surface area contributed by atoms with E-state index in [0.29, 0.717) is 5.70 Å². The first-order valence-corrected chi connectivity index (χ1v) is 5.52. The Kier molecular flexibility index (Phi) is 5.67. The van der Waals surface area contributed by atoms with Gasteiger partial charge in [0.15, 0.2) is 0 Å². The second-order valence-corrected chi connectivity index (χ2v) is 3.90. The molecule has 0 aromatic rings. The molecule has 3 atom stereocenters. The smallest absolute Gasteiger partial charge is 0.265 e. The van der Waals surface area contributed by atoms with Crippen LogP contribution in [0.5, 0.6) is 0 Å². The molecule has 0 aliphatic carbocycles. The first-order chi connectivity index (χ1) is 8.99. The molecule has 3 unspecified atom stereocenters. The van der Waals surface area contributed by atoms with Gasteiger partial charge in [-0.15, -0.1) is 0 Å². The van der Waals surface area contributed by atoms with Crippen LogP contribution in [0.2, 0.25) is 0 Å². The number of aliphatic hydroxyl groups is 4. The Morgan fingerprint density at radius 1 is 1.47 bits per heavy atom. The van der Waals surface area contributed by atoms with E-state index in [1.165, 1.54) is 24.4 Å². The molecule has 1 aliphatic rings. The maximum absolute atomic E-state index is 11.3. The lowest BCUT2D eigenvalue weighted by atomic mass is 10.1. The topological polar surface area (TPSA) is 148 Å². The minimum Gasteiger partial charge on any atom is -0.394 e. The van der Waals surface area contributed by atoms with E-state index < -0.39 is 30.8 Å². The molecule has 0 fully saturated rings. The fraction of sp³-hybridized carbons (Fsp3) is 0.364. The number of hydrazine groups is 1. The summed E-state index contributed by atoms with van der Waals surface area (Å²) in [5.41, 5.74) is 2.57. The van der Waals surface area contributed by atoms with Gasteiger partial charge in [-0.25, -0.2) is 5.84 Å². The predicted molar refractivity (Wildman–Crippen MR) is 65.9 cm³/mol. The summed E-state index contributed by atoms with van der Waals surface area (Å²) in [4.78, 5) is 11.3. The molecule has 0 radical (unpaired) electrons. The second kappa shape index (κ2) is 7.02. The normalized spacial score (nSPS) is 21.3. The maximum atomic E-state index is 11.3. The Bertz CT molecular complexity index is 419. The van der Waals surface area contributed by atoms with Gasteiger partial charge in [0.2, 0.25) is 0 Å². The fourth-order valence-corrected chi connectivity index (χ4v) is 1.42. The molecule has 1 rings (SSSR count). The van der Waals surface area contributed by atoms with Crippen molar-refractivity contribution in [3.63, 3.8) is 0 Å². The summed E-state index contributed by atoms with van der Waals surface area (Å²) in [6.07, 6.45) is 1.14. The highest BCUT2D eigenvalue weighted by Crippen LogP contribution is 2.10. The number of carbonyl (C=O) groups excluding carboxylic acids is 1. The Hall–Kier alpha value is -1.71. The van der Waals surface area contributed by atoms with Crippen molar-refractivity contribution >= 4 is 5.91 Å². The first kappa shape index (κ1) is 15.3. The van der Waals surface area contributed by atoms with Gasteiger partial charge in [-0.05, 0) is 18.2 Å². The van der Waals surface area contributed by atoms with Crippen molar-refractivity contribution in [3.8, 4) is 0 Å². The zero-order valence-corrected chi connectivity index (χ0v) is 10.0. The Morgan fingerprint density at radius 2 is 2.16 bits per heavy atom. The molecule has 8 N–H and O–H groups in total. The number of allylic oxidation sites excluding steroid dienone is 1. The third-order valence-corrected chi connectivity index (χ3v) is 2.50. The largest absolute Gasteiger partial charge is 0.394 e. The molecular formula is C11H17N3O5. The van der Waals surface area contributed by atoms with Crippen LogP contribution in [0.25, 0.3) is 0 Å². The lowest BCUT2D eigenvalue weighted by Crippen LogP contribution is -2.39. The zero-order chi connectivity index (χ0) is 14.4. The highest BCUT2D eigenvalue weighted by molar-refractivity contribution is 5.96. The number of aliphatic hydroxyl groups excluding tert-OH is 4. The molecule has 0 saturated heterocycles. The van der Waals surface area contributed by atoms with Gasteiger partial charge in [-0.1, -0.05) is 0 Å². The van der Waals surface area contributed by atoms with Crippen molar-refractivity contribution in [2.45, 2.75) is 18.3 Å². The fourth-order valence-electron chi connectivity index (χ4n) is 1.42. The van der Waals surface area contributed by atoms with Crippen LogP contribution in [0, 0.1) is 0 Å². The van der Waals surface area contributed by atoms with Crippen LogP contribution in [-0.4, -0.2) is 51.3 Å². The Morgan fingerprint density at radius 3 is 2.74 bits per heavy atom. The molecule has 0 saturated carbocycles. The van der Waals surface area contributed by atoms with E-state index in [1.54, 1.807) is 0 Å². The number of nitrogens with one attached hydrogen (secondary N) is 2. The summed E-state index contributed by atoms with van der Waals surface area (Å²) in [6.45, 7) is -0.675. The summed E-state index contributed by atoms with van der Waals surface area (Å²) >= 11 is 0. The van der Waals surface area contributed by atoms with Crippen LogP contribution >= 0.6 is 0 Å². The van der Waals surface area contributed by atoms with Crippen LogP contribution in [0.3, 0.4) is 0 Å². The first-order valence-electron chi connectivity index (χ1n) is 5.52. The molecule has 8 nitrogen and oxygen atoms in total. The van der Waals surface area contributed by atoms with Gasteiger partial charge in [0.25, 0.3) is 5.91 Å². The van der Waals surface area contributed by atoms with E-state index in [1.807, 2.05) is 5.43 Å². The van der Waals surface area contributed by atoms with Gasteiger partial charge in [0, 0.05) is 17.5 Å². The molecule has 8 heteroatoms. The van der Waals surface area contributed by atoms with Crippen LogP contribution in [0.15, 0.2) is 35.7 Å². The molecule has 0 aromatic heterocycles. The third kappa shape index (κ3) is 4.16. The molecule has 0 spiro atoms. The standard InChI is InChI=1S/C11H17N3O5/c12-14-11(19)6-1-2-13-7(3-6)4-8(16)10(18)9(17)5-15/h1-4,8-10,13,15-18H,5,12H2,(H,14,19)/b7-4-. The number of dihydropyridines is 1. The summed E-state index contributed by atoms with van der Waals surface area (Å²) in [5, 5.41) is 39.7. The van der Waals surface area contributed by atoms with Crippen molar-refractivity contribution in [3.05, 3.63) is 35.7 Å². The van der Waals surface area contributed by atoms with Crippen molar-refractivity contribution in [1.82, 2.24) is 10.7 Å². The average Bonchev–Trinajstić information content (AvgIpc) is 2.44. The average molecular weight is 271 g/mol. The van der Waals surface area contributed by atoms with E-state index in [9.17, 15) is 20.1 Å². The van der Waals surface area contributed by atoms with Crippen LogP contribution in [-0.2, 0) is 4.79 Å². The highest BCUT2D eigenvalue weighted by atomic mass is 16.4. The number of nitrogens with two attached hydrogens (primary N) is 1. The minimum atomic E-state index is -1.54. The van der Waals surface area contributed by atoms with Crippen LogP contribution in [0.4, 0.5) is 0 Å². The monoisotopic (exact) mass is 271 g/mol.